The molecule has 4 rings (SSSR count). The summed E-state index contributed by atoms with van der Waals surface area (Å²) in [5, 5.41) is 9.17. The Morgan fingerprint density at radius 3 is 2.86 bits per heavy atom. The van der Waals surface area contributed by atoms with Gasteiger partial charge in [-0.25, -0.2) is 0 Å². The zero-order chi connectivity index (χ0) is 19.5. The second kappa shape index (κ2) is 8.24. The highest BCUT2D eigenvalue weighted by molar-refractivity contribution is 7.13. The molecule has 1 aliphatic rings. The van der Waals surface area contributed by atoms with Crippen molar-refractivity contribution in [3.63, 3.8) is 0 Å². The first-order valence-electron chi connectivity index (χ1n) is 9.55. The van der Waals surface area contributed by atoms with Crippen LogP contribution in [0.5, 0.6) is 0 Å². The number of carbonyl (C=O) groups is 1. The molecule has 1 N–H and O–H groups in total. The van der Waals surface area contributed by atoms with E-state index in [0.717, 1.165) is 47.6 Å². The SMILES string of the molecule is Cc1ccc(C)c(NC(=O)C2CCN(Cc3nc(-c4cccs4)no3)CC2)c1. The highest BCUT2D eigenvalue weighted by Gasteiger charge is 2.26. The van der Waals surface area contributed by atoms with Gasteiger partial charge in [0.05, 0.1) is 11.4 Å². The molecule has 2 aromatic heterocycles. The molecule has 146 valence electrons. The number of thiophene rings is 1. The van der Waals surface area contributed by atoms with E-state index >= 15 is 0 Å². The molecule has 0 saturated carbocycles. The van der Waals surface area contributed by atoms with Crippen LogP contribution in [0.3, 0.4) is 0 Å². The molecule has 0 aliphatic carbocycles. The van der Waals surface area contributed by atoms with Crippen LogP contribution >= 0.6 is 11.3 Å². The van der Waals surface area contributed by atoms with E-state index in [9.17, 15) is 4.79 Å². The third kappa shape index (κ3) is 4.31. The number of rotatable bonds is 5. The largest absolute Gasteiger partial charge is 0.338 e. The molecule has 1 saturated heterocycles. The van der Waals surface area contributed by atoms with Gasteiger partial charge in [-0.15, -0.1) is 11.3 Å². The number of anilines is 1. The summed E-state index contributed by atoms with van der Waals surface area (Å²) >= 11 is 1.60. The number of hydrogen-bond acceptors (Lipinski definition) is 6. The smallest absolute Gasteiger partial charge is 0.241 e. The summed E-state index contributed by atoms with van der Waals surface area (Å²) in [5.74, 6) is 1.43. The van der Waals surface area contributed by atoms with E-state index in [-0.39, 0.29) is 11.8 Å². The molecule has 28 heavy (non-hydrogen) atoms. The molecule has 1 fully saturated rings. The minimum absolute atomic E-state index is 0.0422. The van der Waals surface area contributed by atoms with Crippen molar-refractivity contribution >= 4 is 22.9 Å². The lowest BCUT2D eigenvalue weighted by Crippen LogP contribution is -2.37. The molecule has 0 atom stereocenters. The van der Waals surface area contributed by atoms with Crippen LogP contribution in [0.4, 0.5) is 5.69 Å². The van der Waals surface area contributed by atoms with Gasteiger partial charge >= 0.3 is 0 Å². The summed E-state index contributed by atoms with van der Waals surface area (Å²) in [6.45, 7) is 6.38. The van der Waals surface area contributed by atoms with Crippen molar-refractivity contribution in [1.82, 2.24) is 15.0 Å². The van der Waals surface area contributed by atoms with Crippen molar-refractivity contribution in [2.24, 2.45) is 5.92 Å². The second-order valence-electron chi connectivity index (χ2n) is 7.35. The Kier molecular flexibility index (Phi) is 5.54. The highest BCUT2D eigenvalue weighted by atomic mass is 32.1. The van der Waals surface area contributed by atoms with Crippen LogP contribution in [0, 0.1) is 19.8 Å². The van der Waals surface area contributed by atoms with E-state index in [4.69, 9.17) is 4.52 Å². The Morgan fingerprint density at radius 1 is 1.29 bits per heavy atom. The van der Waals surface area contributed by atoms with Gasteiger partial charge in [-0.1, -0.05) is 23.4 Å². The molecular weight excluding hydrogens is 372 g/mol. The van der Waals surface area contributed by atoms with Crippen molar-refractivity contribution < 1.29 is 9.32 Å². The molecule has 6 nitrogen and oxygen atoms in total. The highest BCUT2D eigenvalue weighted by Crippen LogP contribution is 2.24. The van der Waals surface area contributed by atoms with E-state index in [1.165, 1.54) is 0 Å². The number of amides is 1. The average Bonchev–Trinajstić information content (AvgIpc) is 3.37. The van der Waals surface area contributed by atoms with E-state index in [1.807, 2.05) is 43.5 Å². The van der Waals surface area contributed by atoms with Crippen LogP contribution in [0.15, 0.2) is 40.2 Å². The lowest BCUT2D eigenvalue weighted by molar-refractivity contribution is -0.121. The van der Waals surface area contributed by atoms with Gasteiger partial charge < -0.3 is 9.84 Å². The molecule has 3 aromatic rings. The van der Waals surface area contributed by atoms with Gasteiger partial charge in [-0.2, -0.15) is 4.98 Å². The van der Waals surface area contributed by atoms with E-state index < -0.39 is 0 Å². The van der Waals surface area contributed by atoms with Crippen LogP contribution in [0.25, 0.3) is 10.7 Å². The van der Waals surface area contributed by atoms with E-state index in [1.54, 1.807) is 11.3 Å². The van der Waals surface area contributed by atoms with Crippen LogP contribution < -0.4 is 5.32 Å². The Morgan fingerprint density at radius 2 is 2.11 bits per heavy atom. The minimum Gasteiger partial charge on any atom is -0.338 e. The van der Waals surface area contributed by atoms with Gasteiger partial charge in [-0.3, -0.25) is 9.69 Å². The topological polar surface area (TPSA) is 71.3 Å². The molecule has 0 spiro atoms. The lowest BCUT2D eigenvalue weighted by Gasteiger charge is -2.30. The number of benzene rings is 1. The van der Waals surface area contributed by atoms with Crippen molar-refractivity contribution in [1.29, 1.82) is 0 Å². The summed E-state index contributed by atoms with van der Waals surface area (Å²) in [4.78, 5) is 20.4. The van der Waals surface area contributed by atoms with Crippen molar-refractivity contribution in [3.05, 3.63) is 52.7 Å². The predicted octanol–water partition coefficient (Wildman–Crippen LogP) is 4.27. The third-order valence-electron chi connectivity index (χ3n) is 5.18. The summed E-state index contributed by atoms with van der Waals surface area (Å²) in [5.41, 5.74) is 3.16. The Labute approximate surface area is 168 Å². The normalized spacial score (nSPS) is 15.6. The number of nitrogens with zero attached hydrogens (tertiary/aromatic N) is 3. The molecular formula is C21H24N4O2S. The molecule has 3 heterocycles. The lowest BCUT2D eigenvalue weighted by atomic mass is 9.95. The van der Waals surface area contributed by atoms with Gasteiger partial charge in [0.2, 0.25) is 17.6 Å². The number of piperidine rings is 1. The van der Waals surface area contributed by atoms with Crippen LogP contribution in [0.1, 0.15) is 29.9 Å². The average molecular weight is 397 g/mol. The summed E-state index contributed by atoms with van der Waals surface area (Å²) in [6, 6.07) is 10.1. The van der Waals surface area contributed by atoms with E-state index in [0.29, 0.717) is 18.3 Å². The molecule has 7 heteroatoms. The number of aryl methyl sites for hydroxylation is 2. The number of nitrogens with one attached hydrogen (secondary N) is 1. The van der Waals surface area contributed by atoms with Gasteiger partial charge in [0, 0.05) is 11.6 Å². The molecule has 0 unspecified atom stereocenters. The van der Waals surface area contributed by atoms with Crippen LogP contribution in [-0.4, -0.2) is 34.0 Å². The number of likely N-dealkylation sites (tertiary alicyclic amines) is 1. The standard InChI is InChI=1S/C21H24N4O2S/c1-14-5-6-15(2)17(12-14)22-21(26)16-7-9-25(10-8-16)13-19-23-20(24-27-19)18-4-3-11-28-18/h3-6,11-12,16H,7-10,13H2,1-2H3,(H,22,26). The first-order chi connectivity index (χ1) is 13.6. The second-order valence-corrected chi connectivity index (χ2v) is 8.29. The fourth-order valence-corrected chi connectivity index (χ4v) is 4.12. The summed E-state index contributed by atoms with van der Waals surface area (Å²) in [7, 11) is 0. The fourth-order valence-electron chi connectivity index (χ4n) is 3.47. The first-order valence-corrected chi connectivity index (χ1v) is 10.4. The molecule has 1 aromatic carbocycles. The zero-order valence-electron chi connectivity index (χ0n) is 16.1. The van der Waals surface area contributed by atoms with Crippen molar-refractivity contribution in [2.45, 2.75) is 33.2 Å². The van der Waals surface area contributed by atoms with Crippen LogP contribution in [-0.2, 0) is 11.3 Å². The molecule has 0 bridgehead atoms. The van der Waals surface area contributed by atoms with E-state index in [2.05, 4.69) is 26.4 Å². The monoisotopic (exact) mass is 396 g/mol. The Bertz CT molecular complexity index is 943. The minimum atomic E-state index is 0.0422. The van der Waals surface area contributed by atoms with Gasteiger partial charge in [0.1, 0.15) is 0 Å². The summed E-state index contributed by atoms with van der Waals surface area (Å²) < 4.78 is 5.39. The number of hydrogen-bond donors (Lipinski definition) is 1. The number of aromatic nitrogens is 2. The molecule has 0 radical (unpaired) electrons. The van der Waals surface area contributed by atoms with Gasteiger partial charge in [-0.05, 0) is 68.4 Å². The summed E-state index contributed by atoms with van der Waals surface area (Å²) in [6.07, 6.45) is 1.67. The first kappa shape index (κ1) is 18.8. The third-order valence-corrected chi connectivity index (χ3v) is 6.04. The van der Waals surface area contributed by atoms with Gasteiger partial charge in [0.25, 0.3) is 0 Å². The predicted molar refractivity (Wildman–Crippen MR) is 110 cm³/mol. The number of carbonyl (C=O) groups excluding carboxylic acids is 1. The Balaban J connectivity index is 1.29. The maximum atomic E-state index is 12.7. The molecule has 1 amide bonds. The Hall–Kier alpha value is -2.51. The molecule has 1 aliphatic heterocycles. The van der Waals surface area contributed by atoms with Crippen LogP contribution in [0.2, 0.25) is 0 Å². The van der Waals surface area contributed by atoms with Crippen molar-refractivity contribution in [2.75, 3.05) is 18.4 Å². The maximum Gasteiger partial charge on any atom is 0.241 e. The van der Waals surface area contributed by atoms with Gasteiger partial charge in [0.15, 0.2) is 0 Å². The zero-order valence-corrected chi connectivity index (χ0v) is 17.0. The fraction of sp³-hybridized carbons (Fsp3) is 0.381. The van der Waals surface area contributed by atoms with Crippen molar-refractivity contribution in [3.8, 4) is 10.7 Å². The maximum absolute atomic E-state index is 12.7. The quantitative estimate of drug-likeness (QED) is 0.697.